The normalized spacial score (nSPS) is 11.0. The molecular weight excluding hydrogens is 347 g/mol. The highest BCUT2D eigenvalue weighted by molar-refractivity contribution is 6.32. The SMILES string of the molecule is CCCCOC(=O)Oc1c2ccc(Cl)cc2cc2ccc(Cl)cc12. The van der Waals surface area contributed by atoms with Gasteiger partial charge in [0.25, 0.3) is 0 Å². The lowest BCUT2D eigenvalue weighted by Gasteiger charge is -2.12. The van der Waals surface area contributed by atoms with Crippen LogP contribution >= 0.6 is 23.2 Å². The number of hydrogen-bond donors (Lipinski definition) is 0. The Morgan fingerprint density at radius 3 is 2.50 bits per heavy atom. The molecule has 0 N–H and O–H groups in total. The van der Waals surface area contributed by atoms with Gasteiger partial charge in [-0.1, -0.05) is 42.6 Å². The number of hydrogen-bond acceptors (Lipinski definition) is 3. The van der Waals surface area contributed by atoms with Crippen molar-refractivity contribution in [3.8, 4) is 5.75 Å². The molecular formula is C19H16Cl2O3. The van der Waals surface area contributed by atoms with Crippen LogP contribution in [0.1, 0.15) is 19.8 Å². The molecule has 0 saturated heterocycles. The maximum absolute atomic E-state index is 12.0. The molecule has 0 unspecified atom stereocenters. The minimum Gasteiger partial charge on any atom is -0.434 e. The van der Waals surface area contributed by atoms with E-state index in [1.54, 1.807) is 18.2 Å². The quantitative estimate of drug-likeness (QED) is 0.226. The van der Waals surface area contributed by atoms with Crippen LogP contribution in [0.25, 0.3) is 21.5 Å². The molecule has 24 heavy (non-hydrogen) atoms. The molecule has 3 aromatic rings. The van der Waals surface area contributed by atoms with E-state index in [9.17, 15) is 4.79 Å². The van der Waals surface area contributed by atoms with Gasteiger partial charge in [0.15, 0.2) is 0 Å². The van der Waals surface area contributed by atoms with Crippen LogP contribution in [-0.2, 0) is 4.74 Å². The fraction of sp³-hybridized carbons (Fsp3) is 0.211. The molecule has 0 heterocycles. The van der Waals surface area contributed by atoms with Crippen molar-refractivity contribution in [3.63, 3.8) is 0 Å². The van der Waals surface area contributed by atoms with Crippen molar-refractivity contribution in [2.45, 2.75) is 19.8 Å². The first-order valence-corrected chi connectivity index (χ1v) is 8.50. The van der Waals surface area contributed by atoms with E-state index < -0.39 is 6.16 Å². The van der Waals surface area contributed by atoms with Crippen LogP contribution in [0, 0.1) is 0 Å². The van der Waals surface area contributed by atoms with Crippen molar-refractivity contribution in [2.75, 3.05) is 6.61 Å². The number of ether oxygens (including phenoxy) is 2. The Kier molecular flexibility index (Phi) is 5.12. The zero-order valence-electron chi connectivity index (χ0n) is 13.1. The summed E-state index contributed by atoms with van der Waals surface area (Å²) in [6.45, 7) is 2.36. The van der Waals surface area contributed by atoms with Crippen LogP contribution < -0.4 is 4.74 Å². The van der Waals surface area contributed by atoms with Gasteiger partial charge in [-0.15, -0.1) is 0 Å². The third-order valence-electron chi connectivity index (χ3n) is 3.73. The third-order valence-corrected chi connectivity index (χ3v) is 4.20. The second-order valence-electron chi connectivity index (χ2n) is 5.49. The van der Waals surface area contributed by atoms with Crippen molar-refractivity contribution < 1.29 is 14.3 Å². The molecule has 0 fully saturated rings. The number of benzene rings is 3. The highest BCUT2D eigenvalue weighted by Gasteiger charge is 2.14. The summed E-state index contributed by atoms with van der Waals surface area (Å²) in [6.07, 6.45) is 1.03. The zero-order valence-corrected chi connectivity index (χ0v) is 14.7. The molecule has 3 aromatic carbocycles. The molecule has 0 bridgehead atoms. The van der Waals surface area contributed by atoms with Crippen molar-refractivity contribution >= 4 is 50.9 Å². The molecule has 0 atom stereocenters. The summed E-state index contributed by atoms with van der Waals surface area (Å²) in [5.41, 5.74) is 0. The Bertz CT molecular complexity index is 906. The van der Waals surface area contributed by atoms with E-state index >= 15 is 0 Å². The van der Waals surface area contributed by atoms with Crippen molar-refractivity contribution in [2.24, 2.45) is 0 Å². The second-order valence-corrected chi connectivity index (χ2v) is 6.36. The molecule has 0 aliphatic carbocycles. The minimum atomic E-state index is -0.716. The predicted molar refractivity (Wildman–Crippen MR) is 98.4 cm³/mol. The lowest BCUT2D eigenvalue weighted by molar-refractivity contribution is 0.0988. The summed E-state index contributed by atoms with van der Waals surface area (Å²) >= 11 is 12.2. The summed E-state index contributed by atoms with van der Waals surface area (Å²) in [5.74, 6) is 0.433. The van der Waals surface area contributed by atoms with Crippen LogP contribution in [0.2, 0.25) is 10.0 Å². The maximum Gasteiger partial charge on any atom is 0.513 e. The summed E-state index contributed by atoms with van der Waals surface area (Å²) in [7, 11) is 0. The molecule has 3 nitrogen and oxygen atoms in total. The van der Waals surface area contributed by atoms with E-state index in [0.717, 1.165) is 34.4 Å². The number of fused-ring (bicyclic) bond motifs is 2. The van der Waals surface area contributed by atoms with Gasteiger partial charge in [0.2, 0.25) is 0 Å². The van der Waals surface area contributed by atoms with Gasteiger partial charge in [0.1, 0.15) is 5.75 Å². The van der Waals surface area contributed by atoms with E-state index in [1.807, 2.05) is 31.2 Å². The minimum absolute atomic E-state index is 0.338. The van der Waals surface area contributed by atoms with Gasteiger partial charge < -0.3 is 9.47 Å². The molecule has 3 rings (SSSR count). The number of unbranched alkanes of at least 4 members (excludes halogenated alkanes) is 1. The number of carbonyl (C=O) groups excluding carboxylic acids is 1. The topological polar surface area (TPSA) is 35.5 Å². The third kappa shape index (κ3) is 3.58. The molecule has 0 radical (unpaired) electrons. The first kappa shape index (κ1) is 16.9. The first-order chi connectivity index (χ1) is 11.6. The second kappa shape index (κ2) is 7.29. The van der Waals surface area contributed by atoms with Gasteiger partial charge in [0.05, 0.1) is 6.61 Å². The molecule has 0 spiro atoms. The van der Waals surface area contributed by atoms with E-state index in [4.69, 9.17) is 32.7 Å². The van der Waals surface area contributed by atoms with Gasteiger partial charge in [-0.3, -0.25) is 0 Å². The fourth-order valence-corrected chi connectivity index (χ4v) is 2.90. The maximum atomic E-state index is 12.0. The molecule has 0 aromatic heterocycles. The number of carbonyl (C=O) groups is 1. The Morgan fingerprint density at radius 2 is 1.71 bits per heavy atom. The molecule has 124 valence electrons. The Balaban J connectivity index is 2.10. The van der Waals surface area contributed by atoms with Crippen molar-refractivity contribution in [3.05, 3.63) is 52.5 Å². The lowest BCUT2D eigenvalue weighted by Crippen LogP contribution is -2.11. The Hall–Kier alpha value is -1.97. The number of halogens is 2. The highest BCUT2D eigenvalue weighted by Crippen LogP contribution is 2.37. The van der Waals surface area contributed by atoms with Crippen LogP contribution in [0.3, 0.4) is 0 Å². The summed E-state index contributed by atoms with van der Waals surface area (Å²) in [6, 6.07) is 12.9. The van der Waals surface area contributed by atoms with Crippen molar-refractivity contribution in [1.29, 1.82) is 0 Å². The smallest absolute Gasteiger partial charge is 0.434 e. The zero-order chi connectivity index (χ0) is 17.1. The Morgan fingerprint density at radius 1 is 0.958 bits per heavy atom. The Labute approximate surface area is 150 Å². The van der Waals surface area contributed by atoms with Crippen molar-refractivity contribution in [1.82, 2.24) is 0 Å². The molecule has 0 aliphatic heterocycles. The average Bonchev–Trinajstić information content (AvgIpc) is 2.55. The van der Waals surface area contributed by atoms with Gasteiger partial charge >= 0.3 is 6.16 Å². The van der Waals surface area contributed by atoms with E-state index in [0.29, 0.717) is 22.4 Å². The molecule has 0 amide bonds. The first-order valence-electron chi connectivity index (χ1n) is 7.74. The number of rotatable bonds is 4. The standard InChI is InChI=1S/C19H16Cl2O3/c1-2-3-8-23-19(22)24-18-16-7-6-14(20)10-13(16)9-12-4-5-15(21)11-17(12)18/h4-7,9-11H,2-3,8H2,1H3. The van der Waals surface area contributed by atoms with E-state index in [-0.39, 0.29) is 0 Å². The van der Waals surface area contributed by atoms with Crippen LogP contribution in [0.5, 0.6) is 5.75 Å². The van der Waals surface area contributed by atoms with Crippen LogP contribution in [0.4, 0.5) is 4.79 Å². The van der Waals surface area contributed by atoms with Gasteiger partial charge in [-0.25, -0.2) is 4.79 Å². The summed E-state index contributed by atoms with van der Waals surface area (Å²) in [5, 5.41) is 4.51. The summed E-state index contributed by atoms with van der Waals surface area (Å²) in [4.78, 5) is 12.0. The molecule has 5 heteroatoms. The van der Waals surface area contributed by atoms with Gasteiger partial charge in [-0.2, -0.15) is 0 Å². The van der Waals surface area contributed by atoms with Crippen LogP contribution in [-0.4, -0.2) is 12.8 Å². The highest BCUT2D eigenvalue weighted by atomic mass is 35.5. The van der Waals surface area contributed by atoms with Gasteiger partial charge in [0, 0.05) is 20.8 Å². The fourth-order valence-electron chi connectivity index (χ4n) is 2.55. The molecule has 0 aliphatic rings. The predicted octanol–water partition coefficient (Wildman–Crippen LogP) is 6.62. The lowest BCUT2D eigenvalue weighted by atomic mass is 10.0. The van der Waals surface area contributed by atoms with E-state index in [1.165, 1.54) is 0 Å². The van der Waals surface area contributed by atoms with Gasteiger partial charge in [-0.05, 0) is 53.6 Å². The average molecular weight is 363 g/mol. The largest absolute Gasteiger partial charge is 0.513 e. The molecule has 0 saturated carbocycles. The summed E-state index contributed by atoms with van der Waals surface area (Å²) < 4.78 is 10.6. The monoisotopic (exact) mass is 362 g/mol. The van der Waals surface area contributed by atoms with Crippen LogP contribution in [0.15, 0.2) is 42.5 Å². The van der Waals surface area contributed by atoms with E-state index in [2.05, 4.69) is 0 Å².